The molecule has 1 heterocycles. The summed E-state index contributed by atoms with van der Waals surface area (Å²) in [7, 11) is 1.67. The number of amides is 1. The first-order valence-corrected chi connectivity index (χ1v) is 8.80. The molecule has 1 aliphatic heterocycles. The highest BCUT2D eigenvalue weighted by Gasteiger charge is 2.37. The first-order valence-electron chi connectivity index (χ1n) is 8.80. The predicted molar refractivity (Wildman–Crippen MR) is 97.6 cm³/mol. The Morgan fingerprint density at radius 1 is 1.04 bits per heavy atom. The molecule has 0 spiro atoms. The summed E-state index contributed by atoms with van der Waals surface area (Å²) in [6.07, 6.45) is 1.71. The van der Waals surface area contributed by atoms with Crippen molar-refractivity contribution in [2.75, 3.05) is 26.9 Å². The van der Waals surface area contributed by atoms with E-state index >= 15 is 0 Å². The Balaban J connectivity index is 1.77. The number of hydrogen-bond acceptors (Lipinski definition) is 3. The van der Waals surface area contributed by atoms with Crippen LogP contribution in [-0.2, 0) is 15.9 Å². The number of methoxy groups -OCH3 is 1. The zero-order valence-electron chi connectivity index (χ0n) is 14.6. The Morgan fingerprint density at radius 3 is 2.40 bits per heavy atom. The summed E-state index contributed by atoms with van der Waals surface area (Å²) in [5.74, 6) is 0.0828. The Kier molecular flexibility index (Phi) is 6.20. The first-order chi connectivity index (χ1) is 12.3. The zero-order chi connectivity index (χ0) is 17.5. The van der Waals surface area contributed by atoms with Gasteiger partial charge in [-0.1, -0.05) is 48.5 Å². The molecular formula is C21H25NO3. The van der Waals surface area contributed by atoms with Crippen molar-refractivity contribution in [2.24, 2.45) is 0 Å². The van der Waals surface area contributed by atoms with Crippen LogP contribution in [0.3, 0.4) is 0 Å². The van der Waals surface area contributed by atoms with Crippen LogP contribution in [0, 0.1) is 0 Å². The highest BCUT2D eigenvalue weighted by molar-refractivity contribution is 5.94. The van der Waals surface area contributed by atoms with Crippen molar-refractivity contribution in [3.63, 3.8) is 0 Å². The van der Waals surface area contributed by atoms with E-state index in [9.17, 15) is 4.79 Å². The van der Waals surface area contributed by atoms with Crippen LogP contribution < -0.4 is 0 Å². The number of benzene rings is 2. The largest absolute Gasteiger partial charge is 0.382 e. The van der Waals surface area contributed by atoms with Crippen LogP contribution in [0.25, 0.3) is 0 Å². The molecule has 2 aromatic rings. The average Bonchev–Trinajstić information content (AvgIpc) is 3.05. The number of nitrogens with zero attached hydrogens (tertiary/aromatic N) is 1. The molecule has 0 unspecified atom stereocenters. The third kappa shape index (κ3) is 4.47. The van der Waals surface area contributed by atoms with Gasteiger partial charge in [0, 0.05) is 19.2 Å². The van der Waals surface area contributed by atoms with Gasteiger partial charge in [0.1, 0.15) is 0 Å². The molecular weight excluding hydrogens is 314 g/mol. The molecule has 2 atom stereocenters. The third-order valence-electron chi connectivity index (χ3n) is 4.67. The van der Waals surface area contributed by atoms with Crippen molar-refractivity contribution >= 4 is 5.91 Å². The maximum Gasteiger partial charge on any atom is 0.254 e. The molecule has 132 valence electrons. The number of carbonyl (C=O) groups excluding carboxylic acids is 1. The monoisotopic (exact) mass is 339 g/mol. The van der Waals surface area contributed by atoms with E-state index in [2.05, 4.69) is 12.1 Å². The number of carbonyl (C=O) groups is 1. The van der Waals surface area contributed by atoms with E-state index in [1.54, 1.807) is 7.11 Å². The zero-order valence-corrected chi connectivity index (χ0v) is 14.6. The molecule has 3 rings (SSSR count). The second kappa shape index (κ2) is 8.79. The van der Waals surface area contributed by atoms with Gasteiger partial charge in [-0.3, -0.25) is 4.79 Å². The van der Waals surface area contributed by atoms with E-state index < -0.39 is 0 Å². The molecule has 25 heavy (non-hydrogen) atoms. The molecule has 0 aliphatic carbocycles. The third-order valence-corrected chi connectivity index (χ3v) is 4.67. The van der Waals surface area contributed by atoms with Crippen molar-refractivity contribution in [3.8, 4) is 0 Å². The fourth-order valence-electron chi connectivity index (χ4n) is 3.40. The molecule has 1 saturated heterocycles. The van der Waals surface area contributed by atoms with Gasteiger partial charge in [-0.25, -0.2) is 0 Å². The molecule has 0 bridgehead atoms. The lowest BCUT2D eigenvalue weighted by molar-refractivity contribution is 0.000496. The number of rotatable bonds is 7. The lowest BCUT2D eigenvalue weighted by Gasteiger charge is -2.28. The van der Waals surface area contributed by atoms with Gasteiger partial charge in [-0.15, -0.1) is 0 Å². The number of hydrogen-bond donors (Lipinski definition) is 0. The van der Waals surface area contributed by atoms with Crippen molar-refractivity contribution < 1.29 is 14.3 Å². The smallest absolute Gasteiger partial charge is 0.254 e. The molecule has 0 N–H and O–H groups in total. The number of ether oxygens (including phenoxy) is 2. The van der Waals surface area contributed by atoms with Gasteiger partial charge < -0.3 is 14.4 Å². The van der Waals surface area contributed by atoms with Crippen LogP contribution in [0.1, 0.15) is 22.3 Å². The molecule has 0 saturated carbocycles. The van der Waals surface area contributed by atoms with E-state index in [1.807, 2.05) is 53.4 Å². The quantitative estimate of drug-likeness (QED) is 0.727. The van der Waals surface area contributed by atoms with Gasteiger partial charge in [0.2, 0.25) is 0 Å². The fraction of sp³-hybridized carbons (Fsp3) is 0.381. The molecule has 1 fully saturated rings. The van der Waals surface area contributed by atoms with Gasteiger partial charge in [-0.05, 0) is 30.5 Å². The van der Waals surface area contributed by atoms with E-state index in [4.69, 9.17) is 9.47 Å². The Bertz CT molecular complexity index is 659. The second-order valence-corrected chi connectivity index (χ2v) is 6.31. The Hall–Kier alpha value is -2.17. The van der Waals surface area contributed by atoms with E-state index in [0.29, 0.717) is 13.2 Å². The van der Waals surface area contributed by atoms with Crippen LogP contribution in [0.4, 0.5) is 0 Å². The van der Waals surface area contributed by atoms with Crippen LogP contribution >= 0.6 is 0 Å². The molecule has 0 aromatic heterocycles. The van der Waals surface area contributed by atoms with Crippen molar-refractivity contribution in [1.29, 1.82) is 0 Å². The lowest BCUT2D eigenvalue weighted by atomic mass is 10.0. The maximum absolute atomic E-state index is 13.0. The Morgan fingerprint density at radius 2 is 1.72 bits per heavy atom. The minimum absolute atomic E-state index is 0.0445. The molecule has 1 aliphatic rings. The normalized spacial score (nSPS) is 20.0. The number of likely N-dealkylation sites (tertiary alicyclic amines) is 1. The predicted octanol–water partition coefficient (Wildman–Crippen LogP) is 3.18. The molecule has 1 amide bonds. The van der Waals surface area contributed by atoms with E-state index in [0.717, 1.165) is 24.9 Å². The van der Waals surface area contributed by atoms with Gasteiger partial charge in [0.15, 0.2) is 0 Å². The van der Waals surface area contributed by atoms with E-state index in [1.165, 1.54) is 5.56 Å². The first kappa shape index (κ1) is 17.6. The average molecular weight is 339 g/mol. The summed E-state index contributed by atoms with van der Waals surface area (Å²) in [6.45, 7) is 1.85. The highest BCUT2D eigenvalue weighted by Crippen LogP contribution is 2.26. The van der Waals surface area contributed by atoms with Gasteiger partial charge in [-0.2, -0.15) is 0 Å². The summed E-state index contributed by atoms with van der Waals surface area (Å²) in [5.41, 5.74) is 1.96. The maximum atomic E-state index is 13.0. The van der Waals surface area contributed by atoms with Gasteiger partial charge in [0.25, 0.3) is 5.91 Å². The summed E-state index contributed by atoms with van der Waals surface area (Å²) >= 11 is 0. The summed E-state index contributed by atoms with van der Waals surface area (Å²) < 4.78 is 11.1. The molecule has 2 aromatic carbocycles. The lowest BCUT2D eigenvalue weighted by Crippen LogP contribution is -2.42. The SMILES string of the molecule is COCCO[C@@H]1CCN(C(=O)c2ccccc2)[C@@H]1Cc1ccccc1. The van der Waals surface area contributed by atoms with Crippen LogP contribution in [-0.4, -0.2) is 49.8 Å². The minimum Gasteiger partial charge on any atom is -0.382 e. The summed E-state index contributed by atoms with van der Waals surface area (Å²) in [4.78, 5) is 14.9. The van der Waals surface area contributed by atoms with Crippen molar-refractivity contribution in [3.05, 3.63) is 71.8 Å². The molecule has 0 radical (unpaired) electrons. The highest BCUT2D eigenvalue weighted by atomic mass is 16.5. The minimum atomic E-state index is 0.0445. The van der Waals surface area contributed by atoms with Gasteiger partial charge >= 0.3 is 0 Å². The van der Waals surface area contributed by atoms with Gasteiger partial charge in [0.05, 0.1) is 25.4 Å². The molecule has 4 nitrogen and oxygen atoms in total. The van der Waals surface area contributed by atoms with Crippen molar-refractivity contribution in [2.45, 2.75) is 25.0 Å². The summed E-state index contributed by atoms with van der Waals surface area (Å²) in [5, 5.41) is 0. The fourth-order valence-corrected chi connectivity index (χ4v) is 3.40. The second-order valence-electron chi connectivity index (χ2n) is 6.31. The standard InChI is InChI=1S/C21H25NO3/c1-24-14-15-25-20-12-13-22(21(23)18-10-6-3-7-11-18)19(20)16-17-8-4-2-5-9-17/h2-11,19-20H,12-16H2,1H3/t19-,20-/m1/s1. The topological polar surface area (TPSA) is 38.8 Å². The van der Waals surface area contributed by atoms with Crippen LogP contribution in [0.5, 0.6) is 0 Å². The van der Waals surface area contributed by atoms with Crippen LogP contribution in [0.15, 0.2) is 60.7 Å². The van der Waals surface area contributed by atoms with Crippen LogP contribution in [0.2, 0.25) is 0 Å². The Labute approximate surface area is 149 Å². The van der Waals surface area contributed by atoms with E-state index in [-0.39, 0.29) is 18.1 Å². The molecule has 4 heteroatoms. The van der Waals surface area contributed by atoms with Crippen molar-refractivity contribution in [1.82, 2.24) is 4.90 Å². The summed E-state index contributed by atoms with van der Waals surface area (Å²) in [6, 6.07) is 19.8.